The number of methoxy groups -OCH3 is 2. The van der Waals surface area contributed by atoms with Crippen molar-refractivity contribution in [3.05, 3.63) is 21.7 Å². The Hall–Kier alpha value is -0.780. The van der Waals surface area contributed by atoms with E-state index < -0.39 is 0 Å². The lowest BCUT2D eigenvalue weighted by atomic mass is 10.0. The molecule has 0 aromatic heterocycles. The summed E-state index contributed by atoms with van der Waals surface area (Å²) < 4.78 is 11.6. The van der Waals surface area contributed by atoms with Crippen LogP contribution in [-0.2, 0) is 17.8 Å². The van der Waals surface area contributed by atoms with Gasteiger partial charge in [0.05, 0.1) is 25.8 Å². The van der Waals surface area contributed by atoms with E-state index in [9.17, 15) is 0 Å². The van der Waals surface area contributed by atoms with Crippen molar-refractivity contribution in [2.45, 2.75) is 19.9 Å². The number of rotatable bonds is 6. The molecule has 0 aliphatic carbocycles. The molecule has 0 bridgehead atoms. The summed E-state index contributed by atoms with van der Waals surface area (Å²) in [5, 5.41) is 0. The van der Waals surface area contributed by atoms with Crippen molar-refractivity contribution >= 4 is 15.9 Å². The molecular formula is C12H18BrNO3. The third-order valence-electron chi connectivity index (χ3n) is 2.57. The number of halogens is 1. The number of hydrogen-bond donors (Lipinski definition) is 1. The van der Waals surface area contributed by atoms with Gasteiger partial charge >= 0.3 is 0 Å². The maximum absolute atomic E-state index is 5.35. The van der Waals surface area contributed by atoms with Gasteiger partial charge in [-0.25, -0.2) is 0 Å². The predicted molar refractivity (Wildman–Crippen MR) is 70.5 cm³/mol. The second kappa shape index (κ2) is 6.83. The number of hydrogen-bond acceptors (Lipinski definition) is 4. The minimum atomic E-state index is 0.624. The van der Waals surface area contributed by atoms with Crippen LogP contribution in [-0.4, -0.2) is 21.3 Å². The van der Waals surface area contributed by atoms with Crippen molar-refractivity contribution in [1.82, 2.24) is 5.48 Å². The molecule has 5 heteroatoms. The van der Waals surface area contributed by atoms with Crippen LogP contribution in [0.3, 0.4) is 0 Å². The monoisotopic (exact) mass is 303 g/mol. The minimum Gasteiger partial charge on any atom is -0.493 e. The van der Waals surface area contributed by atoms with E-state index in [1.54, 1.807) is 21.3 Å². The zero-order valence-electron chi connectivity index (χ0n) is 10.6. The summed E-state index contributed by atoms with van der Waals surface area (Å²) in [7, 11) is 4.86. The fraction of sp³-hybridized carbons (Fsp3) is 0.500. The van der Waals surface area contributed by atoms with Crippen LogP contribution < -0.4 is 15.0 Å². The molecule has 0 heterocycles. The van der Waals surface area contributed by atoms with Crippen LogP contribution in [0.15, 0.2) is 10.5 Å². The SMILES string of the molecule is CCc1c(CNOC)cc(OC)c(OC)c1Br. The van der Waals surface area contributed by atoms with E-state index in [1.165, 1.54) is 5.56 Å². The molecule has 1 N–H and O–H groups in total. The highest BCUT2D eigenvalue weighted by Crippen LogP contribution is 2.40. The Kier molecular flexibility index (Phi) is 5.74. The fourth-order valence-electron chi connectivity index (χ4n) is 1.73. The van der Waals surface area contributed by atoms with Crippen molar-refractivity contribution in [2.24, 2.45) is 0 Å². The first-order chi connectivity index (χ1) is 8.19. The average molecular weight is 304 g/mol. The molecule has 0 unspecified atom stereocenters. The van der Waals surface area contributed by atoms with E-state index in [0.717, 1.165) is 22.2 Å². The normalized spacial score (nSPS) is 10.4. The number of hydroxylamine groups is 1. The van der Waals surface area contributed by atoms with Crippen molar-refractivity contribution in [2.75, 3.05) is 21.3 Å². The van der Waals surface area contributed by atoms with Gasteiger partial charge in [0.15, 0.2) is 11.5 Å². The maximum atomic E-state index is 5.35. The van der Waals surface area contributed by atoms with Crippen LogP contribution in [0.1, 0.15) is 18.1 Å². The van der Waals surface area contributed by atoms with Crippen LogP contribution in [0.4, 0.5) is 0 Å². The molecule has 1 rings (SSSR count). The molecule has 0 aliphatic rings. The Bertz CT molecular complexity index is 383. The lowest BCUT2D eigenvalue weighted by Gasteiger charge is -2.17. The van der Waals surface area contributed by atoms with Crippen molar-refractivity contribution < 1.29 is 14.3 Å². The summed E-state index contributed by atoms with van der Waals surface area (Å²) in [6.45, 7) is 2.72. The van der Waals surface area contributed by atoms with Crippen molar-refractivity contribution in [3.63, 3.8) is 0 Å². The molecule has 96 valence electrons. The Morgan fingerprint density at radius 3 is 2.41 bits per heavy atom. The summed E-state index contributed by atoms with van der Waals surface area (Å²) in [6.07, 6.45) is 0.904. The van der Waals surface area contributed by atoms with E-state index in [1.807, 2.05) is 6.07 Å². The summed E-state index contributed by atoms with van der Waals surface area (Å²) in [5.74, 6) is 1.44. The highest BCUT2D eigenvalue weighted by Gasteiger charge is 2.16. The second-order valence-electron chi connectivity index (χ2n) is 3.44. The maximum Gasteiger partial charge on any atom is 0.175 e. The molecule has 0 radical (unpaired) electrons. The number of nitrogens with one attached hydrogen (secondary N) is 1. The Labute approximate surface area is 110 Å². The molecule has 0 spiro atoms. The van der Waals surface area contributed by atoms with Crippen LogP contribution in [0, 0.1) is 0 Å². The Morgan fingerprint density at radius 2 is 1.94 bits per heavy atom. The van der Waals surface area contributed by atoms with Gasteiger partial charge in [-0.05, 0) is 39.5 Å². The fourth-order valence-corrected chi connectivity index (χ4v) is 2.62. The Balaban J connectivity index is 3.24. The molecule has 0 saturated carbocycles. The summed E-state index contributed by atoms with van der Waals surface area (Å²) in [4.78, 5) is 4.88. The zero-order valence-corrected chi connectivity index (χ0v) is 12.2. The first kappa shape index (κ1) is 14.3. The third-order valence-corrected chi connectivity index (χ3v) is 3.40. The van der Waals surface area contributed by atoms with Gasteiger partial charge in [0.25, 0.3) is 0 Å². The summed E-state index contributed by atoms with van der Waals surface area (Å²) in [5.41, 5.74) is 5.15. The van der Waals surface area contributed by atoms with Gasteiger partial charge in [0, 0.05) is 6.54 Å². The van der Waals surface area contributed by atoms with Crippen molar-refractivity contribution in [1.29, 1.82) is 0 Å². The van der Waals surface area contributed by atoms with Crippen LogP contribution in [0.2, 0.25) is 0 Å². The van der Waals surface area contributed by atoms with Gasteiger partial charge in [-0.1, -0.05) is 6.92 Å². The molecule has 1 aromatic rings. The lowest BCUT2D eigenvalue weighted by Crippen LogP contribution is -2.13. The standard InChI is InChI=1S/C12H18BrNO3/c1-5-9-8(7-14-17-4)6-10(15-2)12(16-3)11(9)13/h6,14H,5,7H2,1-4H3. The van der Waals surface area contributed by atoms with Gasteiger partial charge in [-0.15, -0.1) is 0 Å². The highest BCUT2D eigenvalue weighted by atomic mass is 79.9. The minimum absolute atomic E-state index is 0.624. The first-order valence-corrected chi connectivity index (χ1v) is 6.16. The van der Waals surface area contributed by atoms with Crippen LogP contribution >= 0.6 is 15.9 Å². The zero-order chi connectivity index (χ0) is 12.8. The van der Waals surface area contributed by atoms with Crippen LogP contribution in [0.25, 0.3) is 0 Å². The molecular weight excluding hydrogens is 286 g/mol. The Morgan fingerprint density at radius 1 is 1.24 bits per heavy atom. The summed E-state index contributed by atoms with van der Waals surface area (Å²) >= 11 is 3.56. The van der Waals surface area contributed by atoms with Crippen molar-refractivity contribution in [3.8, 4) is 11.5 Å². The largest absolute Gasteiger partial charge is 0.493 e. The molecule has 4 nitrogen and oxygen atoms in total. The predicted octanol–water partition coefficient (Wildman–Crippen LogP) is 2.68. The van der Waals surface area contributed by atoms with Gasteiger partial charge in [-0.3, -0.25) is 0 Å². The van der Waals surface area contributed by atoms with E-state index in [-0.39, 0.29) is 0 Å². The molecule has 0 amide bonds. The smallest absolute Gasteiger partial charge is 0.175 e. The molecule has 0 aliphatic heterocycles. The quantitative estimate of drug-likeness (QED) is 0.820. The third kappa shape index (κ3) is 3.12. The molecule has 17 heavy (non-hydrogen) atoms. The van der Waals surface area contributed by atoms with E-state index in [0.29, 0.717) is 12.3 Å². The number of ether oxygens (including phenoxy) is 2. The molecule has 0 fully saturated rings. The van der Waals surface area contributed by atoms with Gasteiger partial charge in [-0.2, -0.15) is 5.48 Å². The van der Waals surface area contributed by atoms with E-state index >= 15 is 0 Å². The highest BCUT2D eigenvalue weighted by molar-refractivity contribution is 9.10. The van der Waals surface area contributed by atoms with Crippen LogP contribution in [0.5, 0.6) is 11.5 Å². The van der Waals surface area contributed by atoms with E-state index in [2.05, 4.69) is 28.3 Å². The first-order valence-electron chi connectivity index (χ1n) is 5.37. The lowest BCUT2D eigenvalue weighted by molar-refractivity contribution is 0.0864. The number of benzene rings is 1. The van der Waals surface area contributed by atoms with Gasteiger partial charge < -0.3 is 14.3 Å². The molecule has 0 saturated heterocycles. The topological polar surface area (TPSA) is 39.7 Å². The molecule has 1 aromatic carbocycles. The summed E-state index contributed by atoms with van der Waals surface area (Å²) in [6, 6.07) is 1.97. The molecule has 0 atom stereocenters. The van der Waals surface area contributed by atoms with Gasteiger partial charge in [0.1, 0.15) is 0 Å². The second-order valence-corrected chi connectivity index (χ2v) is 4.24. The van der Waals surface area contributed by atoms with E-state index in [4.69, 9.17) is 14.3 Å². The average Bonchev–Trinajstić information content (AvgIpc) is 2.35. The van der Waals surface area contributed by atoms with Gasteiger partial charge in [0.2, 0.25) is 0 Å².